The number of benzene rings is 2. The van der Waals surface area contributed by atoms with Crippen molar-refractivity contribution in [2.24, 2.45) is 0 Å². The predicted molar refractivity (Wildman–Crippen MR) is 103 cm³/mol. The van der Waals surface area contributed by atoms with Gasteiger partial charge in [-0.1, -0.05) is 18.6 Å². The van der Waals surface area contributed by atoms with Gasteiger partial charge in [0.05, 0.1) is 0 Å². The van der Waals surface area contributed by atoms with Crippen molar-refractivity contribution in [3.05, 3.63) is 54.3 Å². The number of nitrogens with one attached hydrogen (secondary N) is 1. The van der Waals surface area contributed by atoms with Gasteiger partial charge in [-0.2, -0.15) is 0 Å². The molecule has 2 heterocycles. The number of urea groups is 1. The Kier molecular flexibility index (Phi) is 5.25. The van der Waals surface area contributed by atoms with E-state index in [1.807, 2.05) is 4.90 Å². The van der Waals surface area contributed by atoms with Gasteiger partial charge >= 0.3 is 6.03 Å². The highest BCUT2D eigenvalue weighted by Gasteiger charge is 2.35. The summed E-state index contributed by atoms with van der Waals surface area (Å²) in [7, 11) is 0. The van der Waals surface area contributed by atoms with Gasteiger partial charge in [-0.25, -0.2) is 9.18 Å². The van der Waals surface area contributed by atoms with Crippen molar-refractivity contribution < 1.29 is 13.9 Å². The van der Waals surface area contributed by atoms with Crippen LogP contribution in [0, 0.1) is 5.82 Å². The fourth-order valence-corrected chi connectivity index (χ4v) is 3.60. The van der Waals surface area contributed by atoms with Crippen molar-refractivity contribution in [3.63, 3.8) is 0 Å². The molecule has 0 bridgehead atoms. The van der Waals surface area contributed by atoms with E-state index < -0.39 is 5.82 Å². The number of halogens is 1. The van der Waals surface area contributed by atoms with E-state index >= 15 is 0 Å². The maximum absolute atomic E-state index is 13.6. The van der Waals surface area contributed by atoms with E-state index in [0.717, 1.165) is 26.2 Å². The van der Waals surface area contributed by atoms with Gasteiger partial charge < -0.3 is 15.0 Å². The number of hydrogen-bond acceptors (Lipinski definition) is 3. The smallest absolute Gasteiger partial charge is 0.321 e. The van der Waals surface area contributed by atoms with Crippen molar-refractivity contribution in [2.45, 2.75) is 25.3 Å². The molecule has 0 aromatic heterocycles. The number of carbonyl (C=O) groups is 1. The number of carbonyl (C=O) groups excluding carboxylic acids is 1. The van der Waals surface area contributed by atoms with Crippen molar-refractivity contribution in [2.75, 3.05) is 31.5 Å². The van der Waals surface area contributed by atoms with E-state index in [9.17, 15) is 9.18 Å². The third-order valence-electron chi connectivity index (χ3n) is 5.23. The minimum atomic E-state index is -0.407. The number of amides is 2. The lowest BCUT2D eigenvalue weighted by atomic mass is 10.0. The zero-order valence-corrected chi connectivity index (χ0v) is 15.2. The van der Waals surface area contributed by atoms with E-state index in [4.69, 9.17) is 4.74 Å². The molecule has 2 amide bonds. The van der Waals surface area contributed by atoms with Crippen LogP contribution >= 0.6 is 0 Å². The fraction of sp³-hybridized carbons (Fsp3) is 0.381. The molecular formula is C21H24FN3O2. The van der Waals surface area contributed by atoms with Gasteiger partial charge in [-0.3, -0.25) is 4.90 Å². The van der Waals surface area contributed by atoms with Crippen LogP contribution in [-0.2, 0) is 0 Å². The second-order valence-corrected chi connectivity index (χ2v) is 7.14. The highest BCUT2D eigenvalue weighted by atomic mass is 19.1. The number of anilines is 1. The third-order valence-corrected chi connectivity index (χ3v) is 5.23. The molecule has 5 nitrogen and oxygen atoms in total. The summed E-state index contributed by atoms with van der Waals surface area (Å²) in [6, 6.07) is 13.7. The molecule has 0 aliphatic carbocycles. The molecule has 2 saturated heterocycles. The molecule has 2 aromatic carbocycles. The first-order chi connectivity index (χ1) is 13.2. The molecular weight excluding hydrogens is 345 g/mol. The first kappa shape index (κ1) is 17.8. The van der Waals surface area contributed by atoms with Crippen LogP contribution in [0.2, 0.25) is 0 Å². The Morgan fingerprint density at radius 3 is 2.41 bits per heavy atom. The lowest BCUT2D eigenvalue weighted by Crippen LogP contribution is -2.62. The minimum absolute atomic E-state index is 0.0777. The summed E-state index contributed by atoms with van der Waals surface area (Å²) in [5.41, 5.74) is 0.697. The summed E-state index contributed by atoms with van der Waals surface area (Å²) in [6.45, 7) is 3.90. The second kappa shape index (κ2) is 7.96. The van der Waals surface area contributed by atoms with Gasteiger partial charge in [0.2, 0.25) is 0 Å². The molecule has 4 rings (SSSR count). The summed E-state index contributed by atoms with van der Waals surface area (Å²) in [6.07, 6.45) is 3.86. The molecule has 0 spiro atoms. The van der Waals surface area contributed by atoms with E-state index in [-0.39, 0.29) is 11.8 Å². The van der Waals surface area contributed by atoms with Gasteiger partial charge in [0.1, 0.15) is 5.75 Å². The van der Waals surface area contributed by atoms with E-state index in [1.165, 1.54) is 25.3 Å². The molecule has 2 aliphatic heterocycles. The minimum Gasteiger partial charge on any atom is -0.454 e. The number of hydrogen-bond donors (Lipinski definition) is 1. The molecule has 2 aromatic rings. The Labute approximate surface area is 158 Å². The fourth-order valence-electron chi connectivity index (χ4n) is 3.60. The number of para-hydroxylation sites is 1. The van der Waals surface area contributed by atoms with Crippen LogP contribution in [0.1, 0.15) is 19.3 Å². The SMILES string of the molecule is O=C(Nc1ccc(Oc2ccccc2F)cc1)N1CC(N2CCCCC2)C1. The highest BCUT2D eigenvalue weighted by molar-refractivity contribution is 5.90. The Balaban J connectivity index is 1.27. The van der Waals surface area contributed by atoms with Gasteiger partial charge in [-0.15, -0.1) is 0 Å². The van der Waals surface area contributed by atoms with Crippen LogP contribution in [0.4, 0.5) is 14.9 Å². The normalized spacial score (nSPS) is 18.0. The lowest BCUT2D eigenvalue weighted by Gasteiger charge is -2.46. The average molecular weight is 369 g/mol. The van der Waals surface area contributed by atoms with Crippen molar-refractivity contribution in [3.8, 4) is 11.5 Å². The van der Waals surface area contributed by atoms with Crippen LogP contribution < -0.4 is 10.1 Å². The van der Waals surface area contributed by atoms with Gasteiger partial charge in [0, 0.05) is 24.8 Å². The van der Waals surface area contributed by atoms with Crippen LogP contribution in [0.5, 0.6) is 11.5 Å². The molecule has 0 saturated carbocycles. The van der Waals surface area contributed by atoms with E-state index in [1.54, 1.807) is 42.5 Å². The summed E-state index contributed by atoms with van der Waals surface area (Å²) >= 11 is 0. The van der Waals surface area contributed by atoms with Gasteiger partial charge in [0.15, 0.2) is 11.6 Å². The summed E-state index contributed by atoms with van der Waals surface area (Å²) in [5.74, 6) is 0.293. The van der Waals surface area contributed by atoms with Crippen LogP contribution in [0.15, 0.2) is 48.5 Å². The first-order valence-corrected chi connectivity index (χ1v) is 9.51. The zero-order chi connectivity index (χ0) is 18.6. The molecule has 6 heteroatoms. The van der Waals surface area contributed by atoms with Gasteiger partial charge in [0.25, 0.3) is 0 Å². The van der Waals surface area contributed by atoms with Gasteiger partial charge in [-0.05, 0) is 62.3 Å². The molecule has 142 valence electrons. The molecule has 2 aliphatic rings. The molecule has 27 heavy (non-hydrogen) atoms. The van der Waals surface area contributed by atoms with Crippen LogP contribution in [-0.4, -0.2) is 48.1 Å². The third kappa shape index (κ3) is 4.22. The Morgan fingerprint density at radius 2 is 1.70 bits per heavy atom. The van der Waals surface area contributed by atoms with E-state index in [2.05, 4.69) is 10.2 Å². The number of likely N-dealkylation sites (tertiary alicyclic amines) is 2. The monoisotopic (exact) mass is 369 g/mol. The summed E-state index contributed by atoms with van der Waals surface area (Å²) < 4.78 is 19.2. The predicted octanol–water partition coefficient (Wildman–Crippen LogP) is 4.32. The van der Waals surface area contributed by atoms with Crippen molar-refractivity contribution >= 4 is 11.7 Å². The number of rotatable bonds is 4. The van der Waals surface area contributed by atoms with Crippen molar-refractivity contribution in [1.82, 2.24) is 9.80 Å². The van der Waals surface area contributed by atoms with E-state index in [0.29, 0.717) is 17.5 Å². The van der Waals surface area contributed by atoms with Crippen molar-refractivity contribution in [1.29, 1.82) is 0 Å². The highest BCUT2D eigenvalue weighted by Crippen LogP contribution is 2.26. The van der Waals surface area contributed by atoms with Crippen LogP contribution in [0.3, 0.4) is 0 Å². The molecule has 0 radical (unpaired) electrons. The Hall–Kier alpha value is -2.60. The first-order valence-electron chi connectivity index (χ1n) is 9.51. The standard InChI is InChI=1S/C21H24FN3O2/c22-19-6-2-3-7-20(19)27-18-10-8-16(9-11-18)23-21(26)25-14-17(15-25)24-12-4-1-5-13-24/h2-3,6-11,17H,1,4-5,12-15H2,(H,23,26). The number of nitrogens with zero attached hydrogens (tertiary/aromatic N) is 2. The second-order valence-electron chi connectivity index (χ2n) is 7.14. The zero-order valence-electron chi connectivity index (χ0n) is 15.2. The van der Waals surface area contributed by atoms with Crippen LogP contribution in [0.25, 0.3) is 0 Å². The average Bonchev–Trinajstić information content (AvgIpc) is 2.65. The topological polar surface area (TPSA) is 44.8 Å². The molecule has 0 atom stereocenters. The maximum Gasteiger partial charge on any atom is 0.321 e. The Morgan fingerprint density at radius 1 is 1.00 bits per heavy atom. The molecule has 1 N–H and O–H groups in total. The molecule has 2 fully saturated rings. The molecule has 0 unspecified atom stereocenters. The number of piperidine rings is 1. The Bertz CT molecular complexity index is 784. The number of ether oxygens (including phenoxy) is 1. The lowest BCUT2D eigenvalue weighted by molar-refractivity contribution is 0.0493. The quantitative estimate of drug-likeness (QED) is 0.873. The largest absolute Gasteiger partial charge is 0.454 e. The maximum atomic E-state index is 13.6. The summed E-state index contributed by atoms with van der Waals surface area (Å²) in [4.78, 5) is 16.7. The summed E-state index contributed by atoms with van der Waals surface area (Å²) in [5, 5.41) is 2.91.